The van der Waals surface area contributed by atoms with Gasteiger partial charge in [-0.25, -0.2) is 18.4 Å². The van der Waals surface area contributed by atoms with Crippen LogP contribution in [0.3, 0.4) is 0 Å². The predicted octanol–water partition coefficient (Wildman–Crippen LogP) is 13.3. The van der Waals surface area contributed by atoms with Crippen LogP contribution in [0.5, 0.6) is 11.8 Å². The van der Waals surface area contributed by atoms with Crippen LogP contribution in [0.15, 0.2) is 48.7 Å². The third kappa shape index (κ3) is 13.8. The summed E-state index contributed by atoms with van der Waals surface area (Å²) in [5.74, 6) is 3.26. The van der Waals surface area contributed by atoms with Gasteiger partial charge in [-0.1, -0.05) is 65.1 Å². The molecule has 2 saturated carbocycles. The van der Waals surface area contributed by atoms with Crippen LogP contribution in [0.4, 0.5) is 29.9 Å². The minimum atomic E-state index is -2.36. The number of carbonyl (C=O) groups excluding carboxylic acids is 4. The van der Waals surface area contributed by atoms with Gasteiger partial charge in [0.25, 0.3) is 5.91 Å². The first kappa shape index (κ1) is 67.3. The van der Waals surface area contributed by atoms with Crippen molar-refractivity contribution in [3.05, 3.63) is 76.4 Å². The number of urea groups is 1. The molecule has 3 aromatic carbocycles. The van der Waals surface area contributed by atoms with E-state index in [-0.39, 0.29) is 83.4 Å². The van der Waals surface area contributed by atoms with Crippen molar-refractivity contribution < 1.29 is 46.9 Å². The van der Waals surface area contributed by atoms with Gasteiger partial charge in [0.1, 0.15) is 42.3 Å². The van der Waals surface area contributed by atoms with E-state index in [0.29, 0.717) is 105 Å². The second-order valence-corrected chi connectivity index (χ2v) is 35.9. The number of piperazine rings is 2. The number of aromatic nitrogens is 3. The summed E-state index contributed by atoms with van der Waals surface area (Å²) < 4.78 is 58.9. The number of ether oxygens (including phenoxy) is 4. The summed E-state index contributed by atoms with van der Waals surface area (Å²) in [5, 5.41) is 4.11. The number of pyridine rings is 1. The number of hydrogen-bond donors (Lipinski definition) is 1. The number of benzene rings is 3. The highest BCUT2D eigenvalue weighted by Gasteiger charge is 2.48. The number of anilines is 2. The molecule has 22 heteroatoms. The summed E-state index contributed by atoms with van der Waals surface area (Å²) in [7, 11) is -0.833. The second-order valence-electron chi connectivity index (χ2n) is 29.9. The maximum atomic E-state index is 18.3. The average molecular weight is 1330 g/mol. The van der Waals surface area contributed by atoms with E-state index in [1.165, 1.54) is 43.8 Å². The zero-order valence-electron chi connectivity index (χ0n) is 56.5. The Hall–Kier alpha value is -6.70. The van der Waals surface area contributed by atoms with Gasteiger partial charge in [0, 0.05) is 114 Å². The summed E-state index contributed by atoms with van der Waals surface area (Å²) in [4.78, 5) is 79.4. The molecule has 7 fully saturated rings. The Bertz CT molecular complexity index is 3730. The fourth-order valence-electron chi connectivity index (χ4n) is 16.4. The number of likely N-dealkylation sites (tertiary alicyclic amines) is 1. The minimum Gasteiger partial charge on any atom is -0.468 e. The van der Waals surface area contributed by atoms with E-state index in [2.05, 4.69) is 73.0 Å². The highest BCUT2D eigenvalue weighted by atomic mass is 35.5. The van der Waals surface area contributed by atoms with E-state index in [1.54, 1.807) is 42.6 Å². The van der Waals surface area contributed by atoms with Crippen molar-refractivity contribution in [2.75, 3.05) is 102 Å². The topological polar surface area (TPSA) is 175 Å². The van der Waals surface area contributed by atoms with Crippen LogP contribution >= 0.6 is 11.6 Å². The molecule has 2 bridgehead atoms. The zero-order valence-corrected chi connectivity index (χ0v) is 58.2. The van der Waals surface area contributed by atoms with E-state index in [0.717, 1.165) is 77.8 Å². The van der Waals surface area contributed by atoms with E-state index in [9.17, 15) is 19.2 Å². The van der Waals surface area contributed by atoms with Gasteiger partial charge in [-0.2, -0.15) is 9.97 Å². The van der Waals surface area contributed by atoms with Crippen molar-refractivity contribution >= 4 is 76.8 Å². The first-order valence-corrected chi connectivity index (χ1v) is 36.8. The number of rotatable bonds is 17. The number of imide groups is 1. The van der Waals surface area contributed by atoms with Crippen molar-refractivity contribution in [2.24, 2.45) is 16.7 Å². The Balaban J connectivity index is 0.737. The lowest BCUT2D eigenvalue weighted by atomic mass is 9.65. The van der Waals surface area contributed by atoms with Crippen molar-refractivity contribution in [1.29, 1.82) is 0 Å². The molecule has 94 heavy (non-hydrogen) atoms. The van der Waals surface area contributed by atoms with Crippen molar-refractivity contribution in [2.45, 2.75) is 167 Å². The molecule has 7 heterocycles. The molecular formula is C72H93ClF2N10O8Si. The number of carbonyl (C=O) groups is 4. The fraction of sp³-hybridized carbons (Fsp3) is 0.597. The zero-order chi connectivity index (χ0) is 66.6. The lowest BCUT2D eigenvalue weighted by Gasteiger charge is -2.47. The van der Waals surface area contributed by atoms with Gasteiger partial charge < -0.3 is 38.5 Å². The van der Waals surface area contributed by atoms with Crippen LogP contribution in [-0.4, -0.2) is 177 Å². The van der Waals surface area contributed by atoms with E-state index in [1.807, 2.05) is 30.6 Å². The Labute approximate surface area is 558 Å². The first-order chi connectivity index (χ1) is 44.9. The van der Waals surface area contributed by atoms with Crippen molar-refractivity contribution in [3.63, 3.8) is 0 Å². The number of methoxy groups -OCH3 is 1. The third-order valence-electron chi connectivity index (χ3n) is 21.8. The molecule has 18 nitrogen and oxygen atoms in total. The fourth-order valence-corrected chi connectivity index (χ4v) is 21.9. The summed E-state index contributed by atoms with van der Waals surface area (Å²) >= 11 is 6.50. The lowest BCUT2D eigenvalue weighted by molar-refractivity contribution is -0.120. The molecule has 7 aliphatic rings. The van der Waals surface area contributed by atoms with Gasteiger partial charge >= 0.3 is 18.1 Å². The van der Waals surface area contributed by atoms with Gasteiger partial charge in [0.15, 0.2) is 12.6 Å². The number of fused-ring (bicyclic) bond motifs is 4. The maximum absolute atomic E-state index is 18.3. The normalized spacial score (nSPS) is 21.2. The summed E-state index contributed by atoms with van der Waals surface area (Å²) in [6.45, 7) is 27.5. The SMILES string of the molecule is COCOc1cc(-c2ncc3c(N4CC5CCC(C4)N5C(=O)OC(C)(C)C)nc(OCC4(CN5CCN(CC6CCC7(CC6)CCN(C(=O)c6ccc(Cl)c(N8CCC(=O)NC8=O)c6)CC7)CC5)CC4)nc3c2F)c2c(C#C[Si](C(C)C)(C(C)C)C(C)C)c(F)ccc2c1. The molecule has 12 rings (SSSR count). The standard InChI is InChI=1S/C72H93ClF2N10O8Si/c1-45(2)94(46(3)4,47(5)6)34-20-54-58(74)16-12-49-35-53(92-44-90-10)37-55(61(49)54)63-62(75)64-56(38-76-63)65(83-40-51-13-14-52(41-83)85(51)69(89)93-70(7,8)9)79-67(78-64)91-43-72(23-24-72)42-81-32-30-80(31-33-81)39-48-17-21-71(22-18-48)25-28-82(29-26-71)66(87)50-11-15-57(73)59(36-50)84-27-19-60(86)77-68(84)88/h11-12,15-16,35-38,45-48,51-52H,13-14,17-19,21-33,39-44H2,1-10H3,(H,77,86,88). The maximum Gasteiger partial charge on any atom is 0.410 e. The molecule has 5 saturated heterocycles. The second kappa shape index (κ2) is 27.1. The van der Waals surface area contributed by atoms with E-state index >= 15 is 8.78 Å². The number of amides is 5. The molecule has 1 spiro atoms. The van der Waals surface area contributed by atoms with Crippen LogP contribution in [0.25, 0.3) is 32.9 Å². The Morgan fingerprint density at radius 1 is 0.819 bits per heavy atom. The van der Waals surface area contributed by atoms with E-state index < -0.39 is 31.3 Å². The Morgan fingerprint density at radius 3 is 2.14 bits per heavy atom. The van der Waals surface area contributed by atoms with Gasteiger partial charge in [-0.3, -0.25) is 29.7 Å². The number of halogens is 3. The van der Waals surface area contributed by atoms with Crippen LogP contribution in [0.2, 0.25) is 21.6 Å². The number of nitrogens with one attached hydrogen (secondary N) is 1. The molecule has 5 aliphatic heterocycles. The van der Waals surface area contributed by atoms with Gasteiger partial charge in [0.2, 0.25) is 5.91 Å². The van der Waals surface area contributed by atoms with E-state index in [4.69, 9.17) is 45.5 Å². The Kier molecular flexibility index (Phi) is 19.4. The molecule has 2 aromatic heterocycles. The van der Waals surface area contributed by atoms with Crippen LogP contribution < -0.4 is 24.6 Å². The monoisotopic (exact) mass is 1330 g/mol. The molecule has 5 aromatic rings. The largest absolute Gasteiger partial charge is 0.468 e. The summed E-state index contributed by atoms with van der Waals surface area (Å²) in [6, 6.07) is 10.8. The quantitative estimate of drug-likeness (QED) is 0.0529. The van der Waals surface area contributed by atoms with Crippen molar-refractivity contribution in [1.82, 2.24) is 39.9 Å². The summed E-state index contributed by atoms with van der Waals surface area (Å²) in [5.41, 5.74) is 5.43. The molecule has 2 atom stereocenters. The molecular weight excluding hydrogens is 1230 g/mol. The molecule has 1 N–H and O–H groups in total. The number of piperidine rings is 1. The van der Waals surface area contributed by atoms with Crippen LogP contribution in [0, 0.1) is 39.8 Å². The molecule has 2 aliphatic carbocycles. The average Bonchev–Trinajstić information content (AvgIpc) is 1.11. The predicted molar refractivity (Wildman–Crippen MR) is 364 cm³/mol. The molecule has 0 radical (unpaired) electrons. The Morgan fingerprint density at radius 2 is 1.50 bits per heavy atom. The van der Waals surface area contributed by atoms with Crippen LogP contribution in [-0.2, 0) is 14.3 Å². The number of nitrogens with zero attached hydrogens (tertiary/aromatic N) is 9. The highest BCUT2D eigenvalue weighted by Crippen LogP contribution is 2.50. The van der Waals surface area contributed by atoms with Crippen molar-refractivity contribution in [3.8, 4) is 34.5 Å². The smallest absolute Gasteiger partial charge is 0.410 e. The third-order valence-corrected chi connectivity index (χ3v) is 28.4. The first-order valence-electron chi connectivity index (χ1n) is 34.2. The molecule has 504 valence electrons. The summed E-state index contributed by atoms with van der Waals surface area (Å²) in [6.07, 6.45) is 11.6. The molecule has 2 unspecified atom stereocenters. The van der Waals surface area contributed by atoms with Crippen LogP contribution in [0.1, 0.15) is 149 Å². The molecule has 5 amide bonds. The number of hydrogen-bond acceptors (Lipinski definition) is 14. The van der Waals surface area contributed by atoms with Gasteiger partial charge in [-0.05, 0) is 155 Å². The lowest BCUT2D eigenvalue weighted by Crippen LogP contribution is -2.57. The minimum absolute atomic E-state index is 0.0165. The van der Waals surface area contributed by atoms with Gasteiger partial charge in [-0.15, -0.1) is 5.54 Å². The van der Waals surface area contributed by atoms with Gasteiger partial charge in [0.05, 0.1) is 40.4 Å². The highest BCUT2D eigenvalue weighted by molar-refractivity contribution is 6.90.